The normalized spacial score (nSPS) is 18.4. The number of hydrogen-bond donors (Lipinski definition) is 1. The monoisotopic (exact) mass is 485 g/mol. The minimum absolute atomic E-state index is 0.0814. The predicted molar refractivity (Wildman–Crippen MR) is 141 cm³/mol. The molecule has 5 rings (SSSR count). The lowest BCUT2D eigenvalue weighted by atomic mass is 10.0. The fourth-order valence-corrected chi connectivity index (χ4v) is 4.81. The second kappa shape index (κ2) is 9.58. The Kier molecular flexibility index (Phi) is 6.32. The van der Waals surface area contributed by atoms with Crippen molar-refractivity contribution >= 4 is 22.6 Å². The molecule has 0 aliphatic carbocycles. The van der Waals surface area contributed by atoms with Crippen LogP contribution in [0.15, 0.2) is 55.0 Å². The summed E-state index contributed by atoms with van der Waals surface area (Å²) in [7, 11) is 5.58. The maximum atomic E-state index is 13.3. The van der Waals surface area contributed by atoms with Crippen molar-refractivity contribution in [1.82, 2.24) is 29.5 Å². The zero-order valence-corrected chi connectivity index (χ0v) is 21.3. The summed E-state index contributed by atoms with van der Waals surface area (Å²) in [6.45, 7) is 5.71. The molecule has 3 heterocycles. The van der Waals surface area contributed by atoms with Crippen LogP contribution >= 0.6 is 0 Å². The Balaban J connectivity index is 1.57. The summed E-state index contributed by atoms with van der Waals surface area (Å²) < 4.78 is 7.42. The number of urea groups is 1. The SMILES string of the molecule is COc1cc2ncnc(-c3cn(C)nc3-c3ccccc3)c2cc1NC(=O)N1CCN(C)[C@H](C)[C@@H]1C. The molecule has 0 radical (unpaired) electrons. The molecule has 2 atom stereocenters. The quantitative estimate of drug-likeness (QED) is 0.465. The van der Waals surface area contributed by atoms with Crippen LogP contribution in [0.4, 0.5) is 10.5 Å². The number of carbonyl (C=O) groups is 1. The molecule has 2 aromatic heterocycles. The van der Waals surface area contributed by atoms with Crippen molar-refractivity contribution < 1.29 is 9.53 Å². The molecular formula is C27H31N7O2. The molecule has 2 amide bonds. The smallest absolute Gasteiger partial charge is 0.322 e. The molecule has 0 unspecified atom stereocenters. The van der Waals surface area contributed by atoms with Gasteiger partial charge in [-0.2, -0.15) is 5.10 Å². The highest BCUT2D eigenvalue weighted by Crippen LogP contribution is 2.37. The third-order valence-corrected chi connectivity index (χ3v) is 7.17. The number of nitrogens with one attached hydrogen (secondary N) is 1. The fourth-order valence-electron chi connectivity index (χ4n) is 4.81. The number of piperazine rings is 1. The number of rotatable bonds is 4. The molecular weight excluding hydrogens is 454 g/mol. The van der Waals surface area contributed by atoms with E-state index in [-0.39, 0.29) is 18.1 Å². The lowest BCUT2D eigenvalue weighted by Crippen LogP contribution is -2.58. The second-order valence-electron chi connectivity index (χ2n) is 9.31. The Morgan fingerprint density at radius 3 is 2.56 bits per heavy atom. The van der Waals surface area contributed by atoms with E-state index in [1.807, 2.05) is 60.6 Å². The molecule has 0 saturated carbocycles. The van der Waals surface area contributed by atoms with Crippen LogP contribution in [-0.4, -0.2) is 74.9 Å². The van der Waals surface area contributed by atoms with E-state index in [9.17, 15) is 4.79 Å². The first kappa shape index (κ1) is 23.7. The molecule has 1 aliphatic heterocycles. The molecule has 1 saturated heterocycles. The summed E-state index contributed by atoms with van der Waals surface area (Å²) in [6, 6.07) is 14.0. The molecule has 1 N–H and O–H groups in total. The molecule has 0 bridgehead atoms. The highest BCUT2D eigenvalue weighted by Gasteiger charge is 2.32. The van der Waals surface area contributed by atoms with E-state index < -0.39 is 0 Å². The number of fused-ring (bicyclic) bond motifs is 1. The number of ether oxygens (including phenoxy) is 1. The summed E-state index contributed by atoms with van der Waals surface area (Å²) in [6.07, 6.45) is 3.50. The fraction of sp³-hybridized carbons (Fsp3) is 0.333. The van der Waals surface area contributed by atoms with E-state index in [1.54, 1.807) is 18.1 Å². The Morgan fingerprint density at radius 1 is 1.03 bits per heavy atom. The largest absolute Gasteiger partial charge is 0.494 e. The molecule has 0 spiro atoms. The lowest BCUT2D eigenvalue weighted by Gasteiger charge is -2.43. The Labute approximate surface area is 210 Å². The van der Waals surface area contributed by atoms with E-state index in [0.717, 1.165) is 40.0 Å². The third kappa shape index (κ3) is 4.26. The zero-order chi connectivity index (χ0) is 25.4. The summed E-state index contributed by atoms with van der Waals surface area (Å²) in [5, 5.41) is 8.59. The first-order valence-electron chi connectivity index (χ1n) is 12.1. The van der Waals surface area contributed by atoms with Crippen LogP contribution in [0.1, 0.15) is 13.8 Å². The van der Waals surface area contributed by atoms with Gasteiger partial charge in [0.2, 0.25) is 0 Å². The minimum Gasteiger partial charge on any atom is -0.494 e. The number of methoxy groups -OCH3 is 1. The second-order valence-corrected chi connectivity index (χ2v) is 9.31. The van der Waals surface area contributed by atoms with Crippen molar-refractivity contribution in [3.63, 3.8) is 0 Å². The van der Waals surface area contributed by atoms with Crippen LogP contribution in [0.5, 0.6) is 5.75 Å². The molecule has 9 heteroatoms. The highest BCUT2D eigenvalue weighted by molar-refractivity contribution is 6.01. The van der Waals surface area contributed by atoms with Crippen LogP contribution in [-0.2, 0) is 7.05 Å². The topological polar surface area (TPSA) is 88.4 Å². The third-order valence-electron chi connectivity index (χ3n) is 7.17. The van der Waals surface area contributed by atoms with Gasteiger partial charge >= 0.3 is 6.03 Å². The standard InChI is InChI=1S/C27H31N7O2/c1-17-18(2)34(12-11-32(17)3)27(35)30-23-13-20-22(14-24(23)36-5)28-16-29-26(20)21-15-33(4)31-25(21)19-9-7-6-8-10-19/h6-10,13-18H,11-12H2,1-5H3,(H,30,35)/t17-,18+/m1/s1. The van der Waals surface area contributed by atoms with E-state index in [4.69, 9.17) is 9.84 Å². The van der Waals surface area contributed by atoms with E-state index in [1.165, 1.54) is 0 Å². The van der Waals surface area contributed by atoms with Crippen LogP contribution < -0.4 is 10.1 Å². The van der Waals surface area contributed by atoms with Gasteiger partial charge in [-0.1, -0.05) is 30.3 Å². The van der Waals surface area contributed by atoms with Gasteiger partial charge in [-0.05, 0) is 27.0 Å². The Morgan fingerprint density at radius 2 is 1.81 bits per heavy atom. The van der Waals surface area contributed by atoms with Crippen LogP contribution in [0.3, 0.4) is 0 Å². The van der Waals surface area contributed by atoms with Gasteiger partial charge in [0, 0.05) is 61.0 Å². The van der Waals surface area contributed by atoms with Crippen molar-refractivity contribution in [2.24, 2.45) is 7.05 Å². The molecule has 36 heavy (non-hydrogen) atoms. The van der Waals surface area contributed by atoms with Crippen LogP contribution in [0, 0.1) is 0 Å². The van der Waals surface area contributed by atoms with Gasteiger partial charge in [-0.25, -0.2) is 14.8 Å². The van der Waals surface area contributed by atoms with Gasteiger partial charge in [0.05, 0.1) is 24.0 Å². The minimum atomic E-state index is -0.148. The van der Waals surface area contributed by atoms with Crippen molar-refractivity contribution in [2.75, 3.05) is 32.6 Å². The van der Waals surface area contributed by atoms with Crippen molar-refractivity contribution in [2.45, 2.75) is 25.9 Å². The highest BCUT2D eigenvalue weighted by atomic mass is 16.5. The number of anilines is 1. The average molecular weight is 486 g/mol. The first-order chi connectivity index (χ1) is 17.4. The first-order valence-corrected chi connectivity index (χ1v) is 12.1. The molecule has 2 aromatic carbocycles. The predicted octanol–water partition coefficient (Wildman–Crippen LogP) is 4.26. The number of carbonyl (C=O) groups excluding carboxylic acids is 1. The number of amides is 2. The number of hydrogen-bond acceptors (Lipinski definition) is 6. The van der Waals surface area contributed by atoms with Gasteiger partial charge in [-0.15, -0.1) is 0 Å². The van der Waals surface area contributed by atoms with Crippen molar-refractivity contribution in [3.8, 4) is 28.3 Å². The summed E-state index contributed by atoms with van der Waals surface area (Å²) in [4.78, 5) is 26.6. The molecule has 9 nitrogen and oxygen atoms in total. The number of aromatic nitrogens is 4. The summed E-state index contributed by atoms with van der Waals surface area (Å²) >= 11 is 0. The Bertz CT molecular complexity index is 1400. The average Bonchev–Trinajstić information content (AvgIpc) is 3.28. The van der Waals surface area contributed by atoms with Gasteiger partial charge < -0.3 is 15.0 Å². The van der Waals surface area contributed by atoms with E-state index >= 15 is 0 Å². The number of likely N-dealkylation sites (N-methyl/N-ethyl adjacent to an activating group) is 1. The lowest BCUT2D eigenvalue weighted by molar-refractivity contribution is 0.0795. The Hall–Kier alpha value is -3.98. The van der Waals surface area contributed by atoms with Crippen LogP contribution in [0.25, 0.3) is 33.4 Å². The number of benzene rings is 2. The zero-order valence-electron chi connectivity index (χ0n) is 21.3. The molecule has 1 fully saturated rings. The van der Waals surface area contributed by atoms with Gasteiger partial charge in [0.25, 0.3) is 0 Å². The molecule has 4 aromatic rings. The molecule has 186 valence electrons. The van der Waals surface area contributed by atoms with E-state index in [0.29, 0.717) is 18.0 Å². The van der Waals surface area contributed by atoms with E-state index in [2.05, 4.69) is 41.1 Å². The van der Waals surface area contributed by atoms with Crippen molar-refractivity contribution in [3.05, 3.63) is 55.0 Å². The summed E-state index contributed by atoms with van der Waals surface area (Å²) in [5.41, 5.74) is 4.76. The number of nitrogens with zero attached hydrogens (tertiary/aromatic N) is 6. The maximum Gasteiger partial charge on any atom is 0.322 e. The maximum absolute atomic E-state index is 13.3. The summed E-state index contributed by atoms with van der Waals surface area (Å²) in [5.74, 6) is 0.546. The van der Waals surface area contributed by atoms with Crippen LogP contribution in [0.2, 0.25) is 0 Å². The molecule has 1 aliphatic rings. The van der Waals surface area contributed by atoms with Crippen molar-refractivity contribution in [1.29, 1.82) is 0 Å². The van der Waals surface area contributed by atoms with Gasteiger partial charge in [-0.3, -0.25) is 9.58 Å². The van der Waals surface area contributed by atoms with Gasteiger partial charge in [0.15, 0.2) is 0 Å². The van der Waals surface area contributed by atoms with Gasteiger partial charge in [0.1, 0.15) is 17.8 Å². The number of aryl methyl sites for hydroxylation is 1.